The van der Waals surface area contributed by atoms with E-state index >= 15 is 0 Å². The molecule has 1 aliphatic rings. The number of hydrogen-bond donors (Lipinski definition) is 0. The van der Waals surface area contributed by atoms with Gasteiger partial charge in [0.15, 0.2) is 5.16 Å². The number of aromatic nitrogens is 5. The molecular formula is C13H12N6O2S2. The summed E-state index contributed by atoms with van der Waals surface area (Å²) in [6.45, 7) is 4.35. The Labute approximate surface area is 139 Å². The molecule has 3 aromatic heterocycles. The Kier molecular flexibility index (Phi) is 3.42. The fraction of sp³-hybridized carbons (Fsp3) is 0.308. The van der Waals surface area contributed by atoms with Gasteiger partial charge in [-0.25, -0.2) is 0 Å². The first-order chi connectivity index (χ1) is 11.2. The second-order valence-corrected chi connectivity index (χ2v) is 7.00. The van der Waals surface area contributed by atoms with Crippen LogP contribution in [-0.4, -0.2) is 29.1 Å². The molecule has 3 aromatic rings. The highest BCUT2D eigenvalue weighted by atomic mass is 32.2. The Morgan fingerprint density at radius 1 is 1.52 bits per heavy atom. The first-order valence-corrected chi connectivity index (χ1v) is 8.70. The quantitative estimate of drug-likeness (QED) is 0.386. The largest absolute Gasteiger partial charge is 0.363 e. The zero-order valence-corrected chi connectivity index (χ0v) is 13.6. The molecular weight excluding hydrogens is 336 g/mol. The number of imidazole rings is 1. The first-order valence-electron chi connectivity index (χ1n) is 7.01. The van der Waals surface area contributed by atoms with Crippen molar-refractivity contribution >= 4 is 33.9 Å². The van der Waals surface area contributed by atoms with Crippen molar-refractivity contribution in [1.29, 1.82) is 0 Å². The molecule has 0 saturated heterocycles. The van der Waals surface area contributed by atoms with Gasteiger partial charge in [-0.05, 0) is 29.5 Å². The summed E-state index contributed by atoms with van der Waals surface area (Å²) in [7, 11) is 0. The van der Waals surface area contributed by atoms with Crippen LogP contribution in [0.2, 0.25) is 0 Å². The molecule has 0 unspecified atom stereocenters. The van der Waals surface area contributed by atoms with Gasteiger partial charge in [-0.2, -0.15) is 9.38 Å². The van der Waals surface area contributed by atoms with Gasteiger partial charge in [-0.15, -0.1) is 16.8 Å². The van der Waals surface area contributed by atoms with E-state index in [0.717, 1.165) is 18.7 Å². The molecule has 0 aromatic carbocycles. The van der Waals surface area contributed by atoms with E-state index in [1.54, 1.807) is 17.7 Å². The third kappa shape index (κ3) is 2.43. The predicted molar refractivity (Wildman–Crippen MR) is 86.0 cm³/mol. The van der Waals surface area contributed by atoms with Gasteiger partial charge < -0.3 is 14.7 Å². The average molecular weight is 348 g/mol. The van der Waals surface area contributed by atoms with Crippen LogP contribution in [0.1, 0.15) is 24.6 Å². The standard InChI is InChI=1S/C13H12N6O2S2/c1-2-5-17-9(8-3-4-8)15-16-13(17)23-10-11(19(20)21)18-6-7-22-12(18)14-10/h2,6-8H,1,3-5H2. The fourth-order valence-electron chi connectivity index (χ4n) is 2.39. The molecule has 1 saturated carbocycles. The van der Waals surface area contributed by atoms with Crippen molar-refractivity contribution in [1.82, 2.24) is 24.1 Å². The molecule has 0 amide bonds. The van der Waals surface area contributed by atoms with E-state index in [4.69, 9.17) is 0 Å². The van der Waals surface area contributed by atoms with E-state index in [1.165, 1.54) is 27.5 Å². The highest BCUT2D eigenvalue weighted by Gasteiger charge is 2.32. The summed E-state index contributed by atoms with van der Waals surface area (Å²) in [5, 5.41) is 22.6. The number of allylic oxidation sites excluding steroid dienone is 1. The van der Waals surface area contributed by atoms with Crippen molar-refractivity contribution < 1.29 is 4.92 Å². The molecule has 10 heteroatoms. The lowest BCUT2D eigenvalue weighted by Crippen LogP contribution is -2.03. The summed E-state index contributed by atoms with van der Waals surface area (Å²) in [4.78, 5) is 15.9. The Balaban J connectivity index is 1.76. The van der Waals surface area contributed by atoms with Crippen molar-refractivity contribution in [2.45, 2.75) is 35.5 Å². The number of nitrogens with zero attached hydrogens (tertiary/aromatic N) is 6. The van der Waals surface area contributed by atoms with Crippen LogP contribution in [0.15, 0.2) is 34.4 Å². The van der Waals surface area contributed by atoms with Crippen LogP contribution in [0.3, 0.4) is 0 Å². The molecule has 3 heterocycles. The topological polar surface area (TPSA) is 91.2 Å². The summed E-state index contributed by atoms with van der Waals surface area (Å²) in [5.74, 6) is 1.33. The molecule has 118 valence electrons. The van der Waals surface area contributed by atoms with Gasteiger partial charge >= 0.3 is 5.82 Å². The molecule has 0 atom stereocenters. The summed E-state index contributed by atoms with van der Waals surface area (Å²) in [6, 6.07) is 0. The minimum absolute atomic E-state index is 0.0348. The number of thiazole rings is 1. The van der Waals surface area contributed by atoms with E-state index in [9.17, 15) is 10.1 Å². The average Bonchev–Trinajstić information content (AvgIpc) is 2.97. The molecule has 0 radical (unpaired) electrons. The van der Waals surface area contributed by atoms with Crippen molar-refractivity contribution in [3.8, 4) is 0 Å². The normalized spacial score (nSPS) is 14.4. The minimum Gasteiger partial charge on any atom is -0.358 e. The minimum atomic E-state index is -0.412. The van der Waals surface area contributed by atoms with E-state index in [1.807, 2.05) is 4.57 Å². The third-order valence-corrected chi connectivity index (χ3v) is 5.28. The Morgan fingerprint density at radius 3 is 3.04 bits per heavy atom. The van der Waals surface area contributed by atoms with Crippen LogP contribution < -0.4 is 0 Å². The molecule has 0 bridgehead atoms. The predicted octanol–water partition coefficient (Wildman–Crippen LogP) is 3.11. The van der Waals surface area contributed by atoms with Gasteiger partial charge in [0, 0.05) is 17.8 Å². The van der Waals surface area contributed by atoms with Crippen LogP contribution in [0.25, 0.3) is 4.96 Å². The van der Waals surface area contributed by atoms with E-state index in [-0.39, 0.29) is 5.82 Å². The first kappa shape index (κ1) is 14.4. The van der Waals surface area contributed by atoms with Gasteiger partial charge in [0.25, 0.3) is 4.96 Å². The summed E-state index contributed by atoms with van der Waals surface area (Å²) >= 11 is 2.54. The summed E-state index contributed by atoms with van der Waals surface area (Å²) in [5.41, 5.74) is 0. The second-order valence-electron chi connectivity index (χ2n) is 5.17. The number of hydrogen-bond acceptors (Lipinski definition) is 7. The van der Waals surface area contributed by atoms with Gasteiger partial charge in [0.1, 0.15) is 12.0 Å². The van der Waals surface area contributed by atoms with Crippen molar-refractivity contribution in [2.24, 2.45) is 0 Å². The monoisotopic (exact) mass is 348 g/mol. The van der Waals surface area contributed by atoms with E-state index in [0.29, 0.717) is 27.6 Å². The van der Waals surface area contributed by atoms with E-state index < -0.39 is 4.92 Å². The van der Waals surface area contributed by atoms with Gasteiger partial charge in [0.2, 0.25) is 5.03 Å². The lowest BCUT2D eigenvalue weighted by molar-refractivity contribution is -0.393. The number of rotatable bonds is 6. The highest BCUT2D eigenvalue weighted by Crippen LogP contribution is 2.41. The maximum Gasteiger partial charge on any atom is 0.363 e. The Morgan fingerprint density at radius 2 is 2.35 bits per heavy atom. The smallest absolute Gasteiger partial charge is 0.358 e. The van der Waals surface area contributed by atoms with Gasteiger partial charge in [0.05, 0.1) is 0 Å². The lowest BCUT2D eigenvalue weighted by atomic mass is 10.4. The molecule has 4 rings (SSSR count). The van der Waals surface area contributed by atoms with Crippen LogP contribution >= 0.6 is 23.1 Å². The number of nitro groups is 1. The zero-order valence-electron chi connectivity index (χ0n) is 12.0. The molecule has 0 aliphatic heterocycles. The molecule has 0 N–H and O–H groups in total. The van der Waals surface area contributed by atoms with Crippen molar-refractivity contribution in [3.63, 3.8) is 0 Å². The van der Waals surface area contributed by atoms with Gasteiger partial charge in [-0.1, -0.05) is 17.4 Å². The SMILES string of the molecule is C=CCn1c(Sc2nc3sccn3c2[N+](=O)[O-])nnc1C1CC1. The van der Waals surface area contributed by atoms with Gasteiger partial charge in [-0.3, -0.25) is 0 Å². The fourth-order valence-corrected chi connectivity index (χ4v) is 4.09. The molecule has 8 nitrogen and oxygen atoms in total. The van der Waals surface area contributed by atoms with Crippen LogP contribution in [-0.2, 0) is 6.54 Å². The van der Waals surface area contributed by atoms with Crippen LogP contribution in [0, 0.1) is 10.1 Å². The number of fused-ring (bicyclic) bond motifs is 1. The van der Waals surface area contributed by atoms with Crippen molar-refractivity contribution in [2.75, 3.05) is 0 Å². The molecule has 1 fully saturated rings. The van der Waals surface area contributed by atoms with Crippen LogP contribution in [0.4, 0.5) is 5.82 Å². The maximum atomic E-state index is 11.4. The van der Waals surface area contributed by atoms with Crippen LogP contribution in [0.5, 0.6) is 0 Å². The van der Waals surface area contributed by atoms with Crippen molar-refractivity contribution in [3.05, 3.63) is 40.2 Å². The zero-order chi connectivity index (χ0) is 16.0. The van der Waals surface area contributed by atoms with E-state index in [2.05, 4.69) is 21.8 Å². The second kappa shape index (κ2) is 5.46. The summed E-state index contributed by atoms with van der Waals surface area (Å²) < 4.78 is 3.45. The molecule has 0 spiro atoms. The summed E-state index contributed by atoms with van der Waals surface area (Å²) in [6.07, 6.45) is 5.65. The third-order valence-electron chi connectivity index (χ3n) is 3.57. The Hall–Kier alpha value is -2.20. The Bertz CT molecular complexity index is 907. The molecule has 23 heavy (non-hydrogen) atoms. The lowest BCUT2D eigenvalue weighted by Gasteiger charge is -2.05. The molecule has 1 aliphatic carbocycles. The highest BCUT2D eigenvalue weighted by molar-refractivity contribution is 7.99. The maximum absolute atomic E-state index is 11.4.